The number of hydrogen-bond donors (Lipinski definition) is 4. The Morgan fingerprint density at radius 1 is 1.15 bits per heavy atom. The maximum absolute atomic E-state index is 12.8. The maximum atomic E-state index is 12.8. The standard InChI is InChI=1S/C35H55N3O8/c1-6-16-36-32(40)19-26-20-35(21-44-35)33(41)30(46-26)14-11-22(2)10-13-29-24(4)18-27(25(5)45-29)37-31(39)15-12-23(3)28-9-7-8-17-38(28)34(42)43/h10-12,14-15,23-30,33,41H,6-9,13,16-21H2,1-5H3,(H,36,40)(H,37,39)(H,42,43)/b14-11+,15-12-,22-10+/t23?,24-,25+,26+,27+,28-,29-,30+,33+,35+/m0/s1. The van der Waals surface area contributed by atoms with Crippen molar-refractivity contribution in [1.29, 1.82) is 0 Å². The van der Waals surface area contributed by atoms with Gasteiger partial charge in [-0.05, 0) is 70.3 Å². The number of epoxide rings is 1. The zero-order valence-electron chi connectivity index (χ0n) is 28.2. The van der Waals surface area contributed by atoms with E-state index in [1.165, 1.54) is 11.0 Å². The summed E-state index contributed by atoms with van der Waals surface area (Å²) in [6, 6.07) is -0.225. The fourth-order valence-electron chi connectivity index (χ4n) is 7.02. The van der Waals surface area contributed by atoms with Crippen LogP contribution in [0.15, 0.2) is 36.0 Å². The van der Waals surface area contributed by atoms with Gasteiger partial charge < -0.3 is 40.0 Å². The number of carbonyl (C=O) groups excluding carboxylic acids is 2. The number of nitrogens with zero attached hydrogens (tertiary/aromatic N) is 1. The van der Waals surface area contributed by atoms with Crippen LogP contribution in [0.3, 0.4) is 0 Å². The molecule has 4 saturated heterocycles. The van der Waals surface area contributed by atoms with Gasteiger partial charge in [0.15, 0.2) is 0 Å². The lowest BCUT2D eigenvalue weighted by atomic mass is 9.87. The van der Waals surface area contributed by atoms with Crippen molar-refractivity contribution in [3.05, 3.63) is 36.0 Å². The fourth-order valence-corrected chi connectivity index (χ4v) is 7.02. The molecule has 0 aliphatic carbocycles. The van der Waals surface area contributed by atoms with Crippen molar-refractivity contribution in [3.63, 3.8) is 0 Å². The van der Waals surface area contributed by atoms with Crippen LogP contribution in [0.2, 0.25) is 0 Å². The number of aliphatic hydroxyl groups is 1. The summed E-state index contributed by atoms with van der Waals surface area (Å²) < 4.78 is 18.1. The molecule has 1 unspecified atom stereocenters. The first-order valence-corrected chi connectivity index (χ1v) is 17.1. The molecule has 11 nitrogen and oxygen atoms in total. The molecule has 4 heterocycles. The summed E-state index contributed by atoms with van der Waals surface area (Å²) in [4.78, 5) is 38.2. The van der Waals surface area contributed by atoms with Crippen LogP contribution >= 0.6 is 0 Å². The first kappa shape index (κ1) is 36.1. The van der Waals surface area contributed by atoms with Crippen LogP contribution in [0.25, 0.3) is 0 Å². The Kier molecular flexibility index (Phi) is 12.9. The van der Waals surface area contributed by atoms with Gasteiger partial charge in [0.2, 0.25) is 11.8 Å². The lowest BCUT2D eigenvalue weighted by Crippen LogP contribution is -2.50. The number of piperidine rings is 1. The molecule has 0 radical (unpaired) electrons. The molecule has 46 heavy (non-hydrogen) atoms. The molecule has 10 atom stereocenters. The van der Waals surface area contributed by atoms with E-state index in [1.807, 2.05) is 45.9 Å². The molecule has 1 spiro atoms. The number of ether oxygens (including phenoxy) is 3. The lowest BCUT2D eigenvalue weighted by Gasteiger charge is -2.39. The minimum Gasteiger partial charge on any atom is -0.465 e. The molecule has 4 fully saturated rings. The summed E-state index contributed by atoms with van der Waals surface area (Å²) in [5.41, 5.74) is 0.390. The highest BCUT2D eigenvalue weighted by molar-refractivity contribution is 5.87. The Balaban J connectivity index is 1.25. The molecule has 4 aliphatic heterocycles. The van der Waals surface area contributed by atoms with Gasteiger partial charge in [0.25, 0.3) is 0 Å². The molecule has 3 amide bonds. The molecule has 4 N–H and O–H groups in total. The van der Waals surface area contributed by atoms with Crippen LogP contribution < -0.4 is 10.6 Å². The van der Waals surface area contributed by atoms with E-state index in [1.54, 1.807) is 0 Å². The molecule has 258 valence electrons. The Morgan fingerprint density at radius 2 is 1.91 bits per heavy atom. The Hall–Kier alpha value is -2.73. The van der Waals surface area contributed by atoms with Gasteiger partial charge in [-0.2, -0.15) is 0 Å². The predicted octanol–water partition coefficient (Wildman–Crippen LogP) is 4.11. The largest absolute Gasteiger partial charge is 0.465 e. The number of carbonyl (C=O) groups is 3. The van der Waals surface area contributed by atoms with Crippen LogP contribution in [0.5, 0.6) is 0 Å². The van der Waals surface area contributed by atoms with Crippen LogP contribution in [0.1, 0.15) is 86.0 Å². The molecule has 0 bridgehead atoms. The molecular formula is C35H55N3O8. The monoisotopic (exact) mass is 645 g/mol. The van der Waals surface area contributed by atoms with Crippen LogP contribution in [-0.4, -0.2) is 101 Å². The first-order valence-electron chi connectivity index (χ1n) is 17.1. The van der Waals surface area contributed by atoms with E-state index in [0.717, 1.165) is 37.7 Å². The Bertz CT molecular complexity index is 1150. The highest BCUT2D eigenvalue weighted by Crippen LogP contribution is 2.43. The highest BCUT2D eigenvalue weighted by atomic mass is 16.6. The minimum atomic E-state index is -0.899. The number of hydrogen-bond acceptors (Lipinski definition) is 7. The quantitative estimate of drug-likeness (QED) is 0.141. The first-order chi connectivity index (χ1) is 21.9. The summed E-state index contributed by atoms with van der Waals surface area (Å²) in [6.45, 7) is 11.7. The van der Waals surface area contributed by atoms with E-state index < -0.39 is 23.9 Å². The molecule has 0 aromatic rings. The van der Waals surface area contributed by atoms with E-state index in [0.29, 0.717) is 32.5 Å². The summed E-state index contributed by atoms with van der Waals surface area (Å²) in [6.07, 6.45) is 12.4. The topological polar surface area (TPSA) is 150 Å². The normalized spacial score (nSPS) is 35.8. The third-order valence-electron chi connectivity index (χ3n) is 9.99. The third kappa shape index (κ3) is 9.65. The van der Waals surface area contributed by atoms with E-state index in [-0.39, 0.29) is 60.5 Å². The number of likely N-dealkylation sites (tertiary alicyclic amines) is 1. The Morgan fingerprint density at radius 3 is 2.61 bits per heavy atom. The van der Waals surface area contributed by atoms with Crippen molar-refractivity contribution in [2.24, 2.45) is 11.8 Å². The molecule has 4 rings (SSSR count). The number of aliphatic hydroxyl groups excluding tert-OH is 1. The van der Waals surface area contributed by atoms with Crippen molar-refractivity contribution in [2.75, 3.05) is 19.7 Å². The summed E-state index contributed by atoms with van der Waals surface area (Å²) in [5.74, 6) is -0.0704. The zero-order valence-corrected chi connectivity index (χ0v) is 28.2. The van der Waals surface area contributed by atoms with Crippen molar-refractivity contribution < 1.29 is 38.8 Å². The van der Waals surface area contributed by atoms with Gasteiger partial charge in [-0.3, -0.25) is 9.59 Å². The van der Waals surface area contributed by atoms with Crippen LogP contribution in [0.4, 0.5) is 4.79 Å². The lowest BCUT2D eigenvalue weighted by molar-refractivity contribution is -0.145. The molecule has 0 aromatic heterocycles. The van der Waals surface area contributed by atoms with Crippen molar-refractivity contribution in [1.82, 2.24) is 15.5 Å². The van der Waals surface area contributed by atoms with E-state index in [9.17, 15) is 24.6 Å². The predicted molar refractivity (Wildman–Crippen MR) is 174 cm³/mol. The van der Waals surface area contributed by atoms with Crippen LogP contribution in [-0.2, 0) is 23.8 Å². The minimum absolute atomic E-state index is 0.000960. The van der Waals surface area contributed by atoms with E-state index >= 15 is 0 Å². The van der Waals surface area contributed by atoms with Gasteiger partial charge in [-0.25, -0.2) is 4.79 Å². The summed E-state index contributed by atoms with van der Waals surface area (Å²) in [7, 11) is 0. The van der Waals surface area contributed by atoms with Crippen molar-refractivity contribution in [3.8, 4) is 0 Å². The number of amides is 3. The molecular weight excluding hydrogens is 590 g/mol. The maximum Gasteiger partial charge on any atom is 0.407 e. The number of rotatable bonds is 12. The highest BCUT2D eigenvalue weighted by Gasteiger charge is 2.58. The SMILES string of the molecule is CCCNC(=O)C[C@@H]1C[C@@]2(CO2)[C@H](O)[C@@H](/C=C/C(C)=C/C[C@@H]2O[C@H](C)[C@H](NC(=O)/C=C\C(C)[C@@H]3CCCCN3C(=O)O)C[C@@H]2C)O1. The van der Waals surface area contributed by atoms with E-state index in [4.69, 9.17) is 14.2 Å². The molecule has 0 aromatic carbocycles. The van der Waals surface area contributed by atoms with Gasteiger partial charge in [-0.1, -0.05) is 50.6 Å². The number of allylic oxidation sites excluding steroid dienone is 2. The number of nitrogens with one attached hydrogen (secondary N) is 2. The zero-order chi connectivity index (χ0) is 33.4. The summed E-state index contributed by atoms with van der Waals surface area (Å²) in [5, 5.41) is 26.4. The average molecular weight is 646 g/mol. The Labute approximate surface area is 273 Å². The third-order valence-corrected chi connectivity index (χ3v) is 9.99. The molecule has 0 saturated carbocycles. The second kappa shape index (κ2) is 16.4. The fraction of sp³-hybridized carbons (Fsp3) is 0.743. The summed E-state index contributed by atoms with van der Waals surface area (Å²) >= 11 is 0. The van der Waals surface area contributed by atoms with Crippen molar-refractivity contribution >= 4 is 17.9 Å². The van der Waals surface area contributed by atoms with Gasteiger partial charge in [0.1, 0.15) is 17.8 Å². The van der Waals surface area contributed by atoms with Gasteiger partial charge in [-0.15, -0.1) is 0 Å². The average Bonchev–Trinajstić information content (AvgIpc) is 3.80. The van der Waals surface area contributed by atoms with Crippen LogP contribution in [0, 0.1) is 11.8 Å². The van der Waals surface area contributed by atoms with Gasteiger partial charge in [0.05, 0.1) is 37.4 Å². The second-order valence-corrected chi connectivity index (χ2v) is 13.8. The van der Waals surface area contributed by atoms with Crippen molar-refractivity contribution in [2.45, 2.75) is 134 Å². The van der Waals surface area contributed by atoms with Gasteiger partial charge >= 0.3 is 6.09 Å². The second-order valence-electron chi connectivity index (χ2n) is 13.8. The smallest absolute Gasteiger partial charge is 0.407 e. The number of carboxylic acid groups (broad SMARTS) is 1. The molecule has 4 aliphatic rings. The molecule has 11 heteroatoms. The van der Waals surface area contributed by atoms with E-state index in [2.05, 4.69) is 23.6 Å². The van der Waals surface area contributed by atoms with Gasteiger partial charge in [0, 0.05) is 25.6 Å².